The molecular weight excluding hydrogens is 188 g/mol. The van der Waals surface area contributed by atoms with Crippen molar-refractivity contribution in [3.8, 4) is 0 Å². The lowest BCUT2D eigenvalue weighted by atomic mass is 9.82. The summed E-state index contributed by atoms with van der Waals surface area (Å²) >= 11 is 0. The molecule has 1 saturated heterocycles. The van der Waals surface area contributed by atoms with E-state index in [0.29, 0.717) is 5.92 Å². The van der Waals surface area contributed by atoms with Crippen molar-refractivity contribution in [1.82, 2.24) is 4.90 Å². The van der Waals surface area contributed by atoms with Gasteiger partial charge in [0.2, 0.25) is 0 Å². The summed E-state index contributed by atoms with van der Waals surface area (Å²) in [4.78, 5) is 2.21. The van der Waals surface area contributed by atoms with Gasteiger partial charge in [0.1, 0.15) is 0 Å². The third kappa shape index (κ3) is 2.71. The van der Waals surface area contributed by atoms with Crippen LogP contribution in [0, 0.1) is 17.2 Å². The van der Waals surface area contributed by atoms with Crippen molar-refractivity contribution in [3.63, 3.8) is 0 Å². The van der Waals surface area contributed by atoms with Crippen LogP contribution in [0.25, 0.3) is 0 Å². The number of nitrogens with one attached hydrogen (secondary N) is 1. The Balaban J connectivity index is 1.84. The quantitative estimate of drug-likeness (QED) is 0.531. The first-order valence-electron chi connectivity index (χ1n) is 6.18. The van der Waals surface area contributed by atoms with Gasteiger partial charge in [0.25, 0.3) is 0 Å². The highest BCUT2D eigenvalue weighted by Gasteiger charge is 2.25. The second kappa shape index (κ2) is 4.97. The Kier molecular flexibility index (Phi) is 3.62. The van der Waals surface area contributed by atoms with Crippen LogP contribution in [0.3, 0.4) is 0 Å². The zero-order valence-corrected chi connectivity index (χ0v) is 9.67. The van der Waals surface area contributed by atoms with Crippen LogP contribution < -0.4 is 0 Å². The third-order valence-corrected chi connectivity index (χ3v) is 3.75. The monoisotopic (exact) mass is 210 g/mol. The van der Waals surface area contributed by atoms with Gasteiger partial charge < -0.3 is 9.64 Å². The number of amidine groups is 1. The Morgan fingerprint density at radius 3 is 2.33 bits per heavy atom. The summed E-state index contributed by atoms with van der Waals surface area (Å²) in [5, 5.41) is 8.21. The first-order valence-corrected chi connectivity index (χ1v) is 6.18. The van der Waals surface area contributed by atoms with Gasteiger partial charge in [-0.1, -0.05) is 19.8 Å². The average molecular weight is 210 g/mol. The molecule has 0 aromatic carbocycles. The molecule has 2 rings (SSSR count). The minimum Gasteiger partial charge on any atom is -0.378 e. The minimum absolute atomic E-state index is 0.527. The van der Waals surface area contributed by atoms with Gasteiger partial charge in [0.15, 0.2) is 0 Å². The maximum atomic E-state index is 8.21. The molecule has 2 aliphatic rings. The maximum absolute atomic E-state index is 8.21. The number of ether oxygens (including phenoxy) is 1. The van der Waals surface area contributed by atoms with Gasteiger partial charge in [-0.05, 0) is 18.8 Å². The molecule has 0 unspecified atom stereocenters. The van der Waals surface area contributed by atoms with E-state index in [1.807, 2.05) is 0 Å². The molecule has 1 saturated carbocycles. The predicted octanol–water partition coefficient (Wildman–Crippen LogP) is 2.12. The molecule has 1 aliphatic carbocycles. The van der Waals surface area contributed by atoms with E-state index < -0.39 is 0 Å². The molecule has 2 fully saturated rings. The summed E-state index contributed by atoms with van der Waals surface area (Å²) in [6.07, 6.45) is 5.05. The number of rotatable bonds is 1. The van der Waals surface area contributed by atoms with Crippen LogP contribution >= 0.6 is 0 Å². The SMILES string of the molecule is CC1CCC(C(=N)N2CCOCC2)CC1. The van der Waals surface area contributed by atoms with Crippen molar-refractivity contribution in [1.29, 1.82) is 5.41 Å². The number of nitrogens with zero attached hydrogens (tertiary/aromatic N) is 1. The van der Waals surface area contributed by atoms with Crippen molar-refractivity contribution in [2.75, 3.05) is 26.3 Å². The topological polar surface area (TPSA) is 36.3 Å². The average Bonchev–Trinajstić information content (AvgIpc) is 2.30. The highest BCUT2D eigenvalue weighted by atomic mass is 16.5. The molecule has 3 heteroatoms. The third-order valence-electron chi connectivity index (χ3n) is 3.75. The molecule has 1 aliphatic heterocycles. The molecule has 86 valence electrons. The lowest BCUT2D eigenvalue weighted by Crippen LogP contribution is -2.44. The van der Waals surface area contributed by atoms with Crippen LogP contribution in [0.2, 0.25) is 0 Å². The summed E-state index contributed by atoms with van der Waals surface area (Å²) in [5.41, 5.74) is 0. The van der Waals surface area contributed by atoms with Gasteiger partial charge in [-0.3, -0.25) is 5.41 Å². The van der Waals surface area contributed by atoms with Crippen molar-refractivity contribution in [3.05, 3.63) is 0 Å². The molecule has 0 amide bonds. The van der Waals surface area contributed by atoms with E-state index in [9.17, 15) is 0 Å². The van der Waals surface area contributed by atoms with E-state index in [-0.39, 0.29) is 0 Å². The fourth-order valence-corrected chi connectivity index (χ4v) is 2.60. The molecule has 0 atom stereocenters. The predicted molar refractivity (Wildman–Crippen MR) is 61.2 cm³/mol. The van der Waals surface area contributed by atoms with E-state index in [2.05, 4.69) is 11.8 Å². The highest BCUT2D eigenvalue weighted by molar-refractivity contribution is 5.81. The fourth-order valence-electron chi connectivity index (χ4n) is 2.60. The molecule has 0 bridgehead atoms. The highest BCUT2D eigenvalue weighted by Crippen LogP contribution is 2.29. The van der Waals surface area contributed by atoms with Crippen molar-refractivity contribution in [2.45, 2.75) is 32.6 Å². The summed E-state index contributed by atoms with van der Waals surface area (Å²) in [5.74, 6) is 2.28. The first kappa shape index (κ1) is 10.9. The number of hydrogen-bond acceptors (Lipinski definition) is 2. The van der Waals surface area contributed by atoms with Crippen LogP contribution in [-0.2, 0) is 4.74 Å². The molecule has 15 heavy (non-hydrogen) atoms. The lowest BCUT2D eigenvalue weighted by molar-refractivity contribution is 0.0646. The van der Waals surface area contributed by atoms with E-state index in [4.69, 9.17) is 10.1 Å². The van der Waals surface area contributed by atoms with E-state index in [0.717, 1.165) is 38.1 Å². The fraction of sp³-hybridized carbons (Fsp3) is 0.917. The van der Waals surface area contributed by atoms with Gasteiger partial charge in [-0.2, -0.15) is 0 Å². The zero-order valence-electron chi connectivity index (χ0n) is 9.67. The van der Waals surface area contributed by atoms with E-state index in [1.54, 1.807) is 0 Å². The standard InChI is InChI=1S/C12H22N2O/c1-10-2-4-11(5-3-10)12(13)14-6-8-15-9-7-14/h10-11,13H,2-9H2,1H3. The Bertz CT molecular complexity index is 216. The summed E-state index contributed by atoms with van der Waals surface area (Å²) in [7, 11) is 0. The Morgan fingerprint density at radius 2 is 1.73 bits per heavy atom. The second-order valence-electron chi connectivity index (χ2n) is 4.94. The van der Waals surface area contributed by atoms with Crippen molar-refractivity contribution >= 4 is 5.84 Å². The molecule has 1 heterocycles. The Hall–Kier alpha value is -0.570. The number of hydrogen-bond donors (Lipinski definition) is 1. The summed E-state index contributed by atoms with van der Waals surface area (Å²) in [6, 6.07) is 0. The van der Waals surface area contributed by atoms with Crippen LogP contribution in [-0.4, -0.2) is 37.0 Å². The molecular formula is C12H22N2O. The van der Waals surface area contributed by atoms with Gasteiger partial charge in [0.05, 0.1) is 19.0 Å². The van der Waals surface area contributed by atoms with Crippen molar-refractivity contribution < 1.29 is 4.74 Å². The van der Waals surface area contributed by atoms with Gasteiger partial charge in [-0.25, -0.2) is 0 Å². The van der Waals surface area contributed by atoms with E-state index >= 15 is 0 Å². The second-order valence-corrected chi connectivity index (χ2v) is 4.94. The Labute approximate surface area is 92.3 Å². The normalized spacial score (nSPS) is 32.7. The van der Waals surface area contributed by atoms with Crippen molar-refractivity contribution in [2.24, 2.45) is 11.8 Å². The molecule has 0 radical (unpaired) electrons. The van der Waals surface area contributed by atoms with Crippen LogP contribution in [0.5, 0.6) is 0 Å². The smallest absolute Gasteiger partial charge is 0.0991 e. The van der Waals surface area contributed by atoms with E-state index in [1.165, 1.54) is 25.7 Å². The molecule has 0 spiro atoms. The van der Waals surface area contributed by atoms with Crippen LogP contribution in [0.15, 0.2) is 0 Å². The van der Waals surface area contributed by atoms with Gasteiger partial charge >= 0.3 is 0 Å². The molecule has 1 N–H and O–H groups in total. The Morgan fingerprint density at radius 1 is 1.13 bits per heavy atom. The molecule has 0 aromatic heterocycles. The van der Waals surface area contributed by atoms with Crippen LogP contribution in [0.4, 0.5) is 0 Å². The lowest BCUT2D eigenvalue weighted by Gasteiger charge is -2.35. The minimum atomic E-state index is 0.527. The van der Waals surface area contributed by atoms with Gasteiger partial charge in [-0.15, -0.1) is 0 Å². The molecule has 3 nitrogen and oxygen atoms in total. The summed E-state index contributed by atoms with van der Waals surface area (Å²) in [6.45, 7) is 5.77. The number of morpholine rings is 1. The largest absolute Gasteiger partial charge is 0.378 e. The molecule has 0 aromatic rings. The van der Waals surface area contributed by atoms with Crippen LogP contribution in [0.1, 0.15) is 32.6 Å². The first-order chi connectivity index (χ1) is 7.27. The van der Waals surface area contributed by atoms with Gasteiger partial charge in [0, 0.05) is 19.0 Å². The maximum Gasteiger partial charge on any atom is 0.0991 e. The zero-order chi connectivity index (χ0) is 10.7. The summed E-state index contributed by atoms with van der Waals surface area (Å²) < 4.78 is 5.32.